The number of hydrogen-bond donors (Lipinski definition) is 1. The molecular formula is C20H20IN3O. The average Bonchev–Trinajstić information content (AvgIpc) is 3.04. The Bertz CT molecular complexity index is 886. The first-order valence-corrected chi connectivity index (χ1v) is 9.28. The minimum Gasteiger partial charge on any atom is -0.330 e. The van der Waals surface area contributed by atoms with Gasteiger partial charge in [0.15, 0.2) is 0 Å². The zero-order chi connectivity index (χ0) is 17.8. The molecular weight excluding hydrogens is 425 g/mol. The molecule has 5 heteroatoms. The van der Waals surface area contributed by atoms with Crippen LogP contribution in [0.25, 0.3) is 0 Å². The Morgan fingerprint density at radius 3 is 2.76 bits per heavy atom. The first-order chi connectivity index (χ1) is 12.0. The summed E-state index contributed by atoms with van der Waals surface area (Å²) in [6.07, 6.45) is 3.82. The van der Waals surface area contributed by atoms with Crippen LogP contribution >= 0.6 is 22.6 Å². The van der Waals surface area contributed by atoms with Gasteiger partial charge in [-0.05, 0) is 52.4 Å². The number of benzene rings is 2. The van der Waals surface area contributed by atoms with Crippen LogP contribution in [0, 0.1) is 3.57 Å². The first-order valence-electron chi connectivity index (χ1n) is 8.20. The molecule has 0 saturated carbocycles. The second-order valence-electron chi connectivity index (χ2n) is 6.20. The van der Waals surface area contributed by atoms with Crippen LogP contribution in [-0.4, -0.2) is 15.5 Å². The summed E-state index contributed by atoms with van der Waals surface area (Å²) in [6.45, 7) is 5.01. The summed E-state index contributed by atoms with van der Waals surface area (Å²) in [5.74, 6) is 1.35. The minimum absolute atomic E-state index is 0.0901. The molecule has 0 fully saturated rings. The number of nitrogens with zero attached hydrogens (tertiary/aromatic N) is 2. The number of rotatable bonds is 5. The Morgan fingerprint density at radius 1 is 1.20 bits per heavy atom. The lowest BCUT2D eigenvalue weighted by Crippen LogP contribution is -2.13. The van der Waals surface area contributed by atoms with Crippen LogP contribution < -0.4 is 5.32 Å². The maximum atomic E-state index is 12.5. The number of nitrogens with one attached hydrogen (secondary N) is 1. The molecule has 0 atom stereocenters. The number of carbonyl (C=O) groups excluding carboxylic acids is 1. The zero-order valence-electron chi connectivity index (χ0n) is 14.2. The quantitative estimate of drug-likeness (QED) is 0.568. The SMILES string of the molecule is CC(C)c1nccn1Cc1cccc(NC(=O)c2ccccc2I)c1. The Balaban J connectivity index is 1.77. The molecule has 0 spiro atoms. The number of imidazole rings is 1. The highest BCUT2D eigenvalue weighted by atomic mass is 127. The van der Waals surface area contributed by atoms with Crippen molar-refractivity contribution in [3.05, 3.63) is 81.4 Å². The lowest BCUT2D eigenvalue weighted by atomic mass is 10.1. The fourth-order valence-corrected chi connectivity index (χ4v) is 3.38. The van der Waals surface area contributed by atoms with E-state index >= 15 is 0 Å². The van der Waals surface area contributed by atoms with Crippen LogP contribution in [-0.2, 0) is 6.54 Å². The second-order valence-corrected chi connectivity index (χ2v) is 7.36. The molecule has 3 rings (SSSR count). The molecule has 1 N–H and O–H groups in total. The second kappa shape index (κ2) is 7.82. The van der Waals surface area contributed by atoms with Gasteiger partial charge in [-0.25, -0.2) is 4.98 Å². The van der Waals surface area contributed by atoms with Crippen LogP contribution in [0.2, 0.25) is 0 Å². The van der Waals surface area contributed by atoms with E-state index in [4.69, 9.17) is 0 Å². The van der Waals surface area contributed by atoms with Crippen LogP contribution in [0.5, 0.6) is 0 Å². The van der Waals surface area contributed by atoms with E-state index in [1.165, 1.54) is 0 Å². The Hall–Kier alpha value is -2.15. The minimum atomic E-state index is -0.0901. The molecule has 1 aromatic heterocycles. The lowest BCUT2D eigenvalue weighted by Gasteiger charge is -2.12. The molecule has 4 nitrogen and oxygen atoms in total. The molecule has 0 aliphatic rings. The van der Waals surface area contributed by atoms with E-state index in [1.807, 2.05) is 54.9 Å². The van der Waals surface area contributed by atoms with Crippen LogP contribution in [0.4, 0.5) is 5.69 Å². The Morgan fingerprint density at radius 2 is 2.00 bits per heavy atom. The van der Waals surface area contributed by atoms with Gasteiger partial charge in [0.2, 0.25) is 0 Å². The van der Waals surface area contributed by atoms with Crippen LogP contribution in [0.1, 0.15) is 41.5 Å². The molecule has 25 heavy (non-hydrogen) atoms. The van der Waals surface area contributed by atoms with E-state index in [1.54, 1.807) is 0 Å². The monoisotopic (exact) mass is 445 g/mol. The maximum Gasteiger partial charge on any atom is 0.256 e. The number of carbonyl (C=O) groups is 1. The van der Waals surface area contributed by atoms with Crippen molar-refractivity contribution in [2.24, 2.45) is 0 Å². The van der Waals surface area contributed by atoms with E-state index in [0.717, 1.165) is 27.2 Å². The summed E-state index contributed by atoms with van der Waals surface area (Å²) < 4.78 is 3.08. The number of amides is 1. The van der Waals surface area contributed by atoms with Gasteiger partial charge in [-0.3, -0.25) is 4.79 Å². The molecule has 3 aromatic rings. The number of anilines is 1. The Labute approximate surface area is 161 Å². The largest absolute Gasteiger partial charge is 0.330 e. The van der Waals surface area contributed by atoms with Crippen molar-refractivity contribution in [3.8, 4) is 0 Å². The summed E-state index contributed by atoms with van der Waals surface area (Å²) in [7, 11) is 0. The summed E-state index contributed by atoms with van der Waals surface area (Å²) in [5, 5.41) is 2.99. The highest BCUT2D eigenvalue weighted by Gasteiger charge is 2.11. The highest BCUT2D eigenvalue weighted by Crippen LogP contribution is 2.18. The standard InChI is InChI=1S/C20H20IN3O/c1-14(2)19-22-10-11-24(19)13-15-6-5-7-16(12-15)23-20(25)17-8-3-4-9-18(17)21/h3-12,14H,13H2,1-2H3,(H,23,25). The van der Waals surface area contributed by atoms with Crippen molar-refractivity contribution in [1.29, 1.82) is 0 Å². The molecule has 0 aliphatic heterocycles. The van der Waals surface area contributed by atoms with Gasteiger partial charge in [-0.15, -0.1) is 0 Å². The zero-order valence-corrected chi connectivity index (χ0v) is 16.4. The van der Waals surface area contributed by atoms with E-state index < -0.39 is 0 Å². The first kappa shape index (κ1) is 17.7. The van der Waals surface area contributed by atoms with Crippen molar-refractivity contribution in [3.63, 3.8) is 0 Å². The summed E-state index contributed by atoms with van der Waals surface area (Å²) in [5.41, 5.74) is 2.61. The topological polar surface area (TPSA) is 46.9 Å². The molecule has 0 aliphatic carbocycles. The normalized spacial score (nSPS) is 10.9. The predicted octanol–water partition coefficient (Wildman–Crippen LogP) is 4.91. The molecule has 0 unspecified atom stereocenters. The van der Waals surface area contributed by atoms with Gasteiger partial charge in [-0.2, -0.15) is 0 Å². The molecule has 2 aromatic carbocycles. The number of hydrogen-bond acceptors (Lipinski definition) is 2. The van der Waals surface area contributed by atoms with Crippen LogP contribution in [0.15, 0.2) is 60.9 Å². The van der Waals surface area contributed by atoms with E-state index in [2.05, 4.69) is 57.4 Å². The summed E-state index contributed by atoms with van der Waals surface area (Å²) in [6, 6.07) is 15.5. The van der Waals surface area contributed by atoms with Gasteiger partial charge >= 0.3 is 0 Å². The number of halogens is 1. The average molecular weight is 445 g/mol. The van der Waals surface area contributed by atoms with E-state index in [0.29, 0.717) is 11.5 Å². The molecule has 0 bridgehead atoms. The molecule has 0 radical (unpaired) electrons. The van der Waals surface area contributed by atoms with E-state index in [9.17, 15) is 4.79 Å². The van der Waals surface area contributed by atoms with Gasteiger partial charge in [-0.1, -0.05) is 38.1 Å². The van der Waals surface area contributed by atoms with Crippen molar-refractivity contribution >= 4 is 34.2 Å². The smallest absolute Gasteiger partial charge is 0.256 e. The number of aromatic nitrogens is 2. The van der Waals surface area contributed by atoms with Gasteiger partial charge in [0.1, 0.15) is 5.82 Å². The van der Waals surface area contributed by atoms with Crippen molar-refractivity contribution in [1.82, 2.24) is 9.55 Å². The fourth-order valence-electron chi connectivity index (χ4n) is 2.74. The third-order valence-electron chi connectivity index (χ3n) is 3.92. The molecule has 1 amide bonds. The maximum absolute atomic E-state index is 12.5. The predicted molar refractivity (Wildman–Crippen MR) is 109 cm³/mol. The molecule has 0 saturated heterocycles. The third kappa shape index (κ3) is 4.28. The van der Waals surface area contributed by atoms with Crippen molar-refractivity contribution in [2.45, 2.75) is 26.3 Å². The van der Waals surface area contributed by atoms with E-state index in [-0.39, 0.29) is 5.91 Å². The van der Waals surface area contributed by atoms with Crippen LogP contribution in [0.3, 0.4) is 0 Å². The van der Waals surface area contributed by atoms with Crippen molar-refractivity contribution in [2.75, 3.05) is 5.32 Å². The van der Waals surface area contributed by atoms with Crippen molar-refractivity contribution < 1.29 is 4.79 Å². The fraction of sp³-hybridized carbons (Fsp3) is 0.200. The van der Waals surface area contributed by atoms with Gasteiger partial charge in [0.25, 0.3) is 5.91 Å². The molecule has 1 heterocycles. The lowest BCUT2D eigenvalue weighted by molar-refractivity contribution is 0.102. The van der Waals surface area contributed by atoms with Gasteiger partial charge in [0.05, 0.1) is 5.56 Å². The Kier molecular flexibility index (Phi) is 5.53. The third-order valence-corrected chi connectivity index (χ3v) is 4.86. The highest BCUT2D eigenvalue weighted by molar-refractivity contribution is 14.1. The van der Waals surface area contributed by atoms with Gasteiger partial charge < -0.3 is 9.88 Å². The summed E-state index contributed by atoms with van der Waals surface area (Å²) in [4.78, 5) is 16.9. The van der Waals surface area contributed by atoms with Gasteiger partial charge in [0, 0.05) is 34.1 Å². The summed E-state index contributed by atoms with van der Waals surface area (Å²) >= 11 is 2.18. The molecule has 128 valence electrons.